The van der Waals surface area contributed by atoms with Crippen LogP contribution in [0.15, 0.2) is 60.9 Å². The predicted molar refractivity (Wildman–Crippen MR) is 124 cm³/mol. The normalized spacial score (nSPS) is 16.0. The van der Waals surface area contributed by atoms with Crippen LogP contribution < -0.4 is 10.6 Å². The smallest absolute Gasteiger partial charge is 0.336 e. The number of aromatic nitrogens is 2. The molecule has 10 heteroatoms. The van der Waals surface area contributed by atoms with Crippen LogP contribution in [0.5, 0.6) is 0 Å². The van der Waals surface area contributed by atoms with Crippen LogP contribution in [0.4, 0.5) is 22.4 Å². The van der Waals surface area contributed by atoms with Crippen molar-refractivity contribution in [1.82, 2.24) is 20.6 Å². The summed E-state index contributed by atoms with van der Waals surface area (Å²) in [6.07, 6.45) is 1.78. The summed E-state index contributed by atoms with van der Waals surface area (Å²) in [7, 11) is 0. The van der Waals surface area contributed by atoms with Crippen LogP contribution in [0.3, 0.4) is 0 Å². The molecule has 5 nitrogen and oxygen atoms in total. The minimum Gasteiger partial charge on any atom is -0.336 e. The summed E-state index contributed by atoms with van der Waals surface area (Å²) in [5, 5.41) is 5.98. The quantitative estimate of drug-likeness (QED) is 0.411. The number of nitrogens with zero attached hydrogens (tertiary/aromatic N) is 2. The fourth-order valence-electron chi connectivity index (χ4n) is 4.47. The van der Waals surface area contributed by atoms with Gasteiger partial charge in [0.05, 0.1) is 27.4 Å². The van der Waals surface area contributed by atoms with Crippen molar-refractivity contribution in [3.63, 3.8) is 0 Å². The molecule has 1 saturated carbocycles. The van der Waals surface area contributed by atoms with Gasteiger partial charge in [0, 0.05) is 25.0 Å². The van der Waals surface area contributed by atoms with Crippen LogP contribution in [0.25, 0.3) is 0 Å². The number of halogens is 5. The predicted octanol–water partition coefficient (Wildman–Crippen LogP) is 5.86. The van der Waals surface area contributed by atoms with Gasteiger partial charge in [-0.05, 0) is 60.9 Å². The Bertz CT molecular complexity index is 1170. The lowest BCUT2D eigenvalue weighted by Gasteiger charge is -2.34. The lowest BCUT2D eigenvalue weighted by atomic mass is 9.73. The second-order valence-electron chi connectivity index (χ2n) is 8.52. The van der Waals surface area contributed by atoms with Crippen LogP contribution in [-0.2, 0) is 11.6 Å². The average Bonchev–Trinajstić information content (AvgIpc) is 3.33. The molecule has 1 atom stereocenters. The Morgan fingerprint density at radius 1 is 1.00 bits per heavy atom. The van der Waals surface area contributed by atoms with Gasteiger partial charge < -0.3 is 10.6 Å². The van der Waals surface area contributed by atoms with E-state index >= 15 is 0 Å². The van der Waals surface area contributed by atoms with Crippen molar-refractivity contribution in [3.05, 3.63) is 94.3 Å². The van der Waals surface area contributed by atoms with Gasteiger partial charge in [0.15, 0.2) is 0 Å². The number of pyridine rings is 2. The third-order valence-corrected chi connectivity index (χ3v) is 6.41. The van der Waals surface area contributed by atoms with E-state index in [1.165, 1.54) is 24.5 Å². The topological polar surface area (TPSA) is 66.9 Å². The molecule has 35 heavy (non-hydrogen) atoms. The summed E-state index contributed by atoms with van der Waals surface area (Å²) in [6.45, 7) is -0.224. The Morgan fingerprint density at radius 2 is 1.71 bits per heavy atom. The maximum atomic E-state index is 14.6. The molecule has 0 radical (unpaired) electrons. The van der Waals surface area contributed by atoms with E-state index in [9.17, 15) is 22.4 Å². The van der Waals surface area contributed by atoms with E-state index in [2.05, 4.69) is 20.6 Å². The molecule has 0 aliphatic heterocycles. The highest BCUT2D eigenvalue weighted by Gasteiger charge is 2.42. The SMILES string of the molecule is O=C(NCC(c1cc(F)cc(C(F)(F)F)c1)(c1ccccn1)c1ccc(Cl)cn1)NC1CCCC1. The minimum atomic E-state index is -4.78. The molecule has 2 aromatic heterocycles. The fraction of sp³-hybridized carbons (Fsp3) is 0.320. The standard InChI is InChI=1S/C25H23ClF4N4O/c26-18-8-9-22(32-14-18)24(21-7-3-4-10-31-21,15-33-23(35)34-20-5-1-2-6-20)16-11-17(25(28,29)30)13-19(27)12-16/h3-4,7-14,20H,1-2,5-6,15H2,(H2,33,34,35). The van der Waals surface area contributed by atoms with E-state index < -0.39 is 29.0 Å². The molecule has 2 amide bonds. The maximum absolute atomic E-state index is 14.6. The van der Waals surface area contributed by atoms with E-state index in [1.54, 1.807) is 18.2 Å². The summed E-state index contributed by atoms with van der Waals surface area (Å²) in [5.41, 5.74) is -2.21. The summed E-state index contributed by atoms with van der Waals surface area (Å²) in [6, 6.07) is 9.84. The number of urea groups is 1. The number of carbonyl (C=O) groups is 1. The van der Waals surface area contributed by atoms with E-state index in [1.807, 2.05) is 0 Å². The lowest BCUT2D eigenvalue weighted by molar-refractivity contribution is -0.137. The third-order valence-electron chi connectivity index (χ3n) is 6.19. The molecule has 0 saturated heterocycles. The first-order valence-electron chi connectivity index (χ1n) is 11.1. The van der Waals surface area contributed by atoms with Gasteiger partial charge in [-0.1, -0.05) is 30.5 Å². The molecule has 3 aromatic rings. The van der Waals surface area contributed by atoms with Crippen LogP contribution in [0, 0.1) is 5.82 Å². The number of hydrogen-bond acceptors (Lipinski definition) is 3. The zero-order valence-corrected chi connectivity index (χ0v) is 19.3. The highest BCUT2D eigenvalue weighted by Crippen LogP contribution is 2.40. The molecular weight excluding hydrogens is 484 g/mol. The number of benzene rings is 1. The second-order valence-corrected chi connectivity index (χ2v) is 8.95. The third kappa shape index (κ3) is 5.56. The van der Waals surface area contributed by atoms with Crippen molar-refractivity contribution in [2.45, 2.75) is 43.3 Å². The van der Waals surface area contributed by atoms with Crippen LogP contribution >= 0.6 is 11.6 Å². The Hall–Kier alpha value is -3.20. The number of alkyl halides is 3. The first-order valence-corrected chi connectivity index (χ1v) is 11.5. The Kier molecular flexibility index (Phi) is 7.25. The van der Waals surface area contributed by atoms with E-state index in [0.717, 1.165) is 37.8 Å². The second kappa shape index (κ2) is 10.2. The number of amides is 2. The van der Waals surface area contributed by atoms with Gasteiger partial charge in [-0.15, -0.1) is 0 Å². The zero-order chi connectivity index (χ0) is 25.1. The van der Waals surface area contributed by atoms with Crippen LogP contribution in [0.1, 0.15) is 48.2 Å². The van der Waals surface area contributed by atoms with E-state index in [4.69, 9.17) is 11.6 Å². The molecule has 2 N–H and O–H groups in total. The number of rotatable bonds is 6. The van der Waals surface area contributed by atoms with Crippen LogP contribution in [-0.4, -0.2) is 28.6 Å². The van der Waals surface area contributed by atoms with Crippen molar-refractivity contribution >= 4 is 17.6 Å². The van der Waals surface area contributed by atoms with Gasteiger partial charge in [-0.2, -0.15) is 13.2 Å². The maximum Gasteiger partial charge on any atom is 0.416 e. The van der Waals surface area contributed by atoms with Gasteiger partial charge in [0.25, 0.3) is 0 Å². The molecule has 1 aromatic carbocycles. The zero-order valence-electron chi connectivity index (χ0n) is 18.6. The molecule has 1 unspecified atom stereocenters. The molecule has 0 spiro atoms. The van der Waals surface area contributed by atoms with Crippen LogP contribution in [0.2, 0.25) is 5.02 Å². The molecule has 1 aliphatic carbocycles. The largest absolute Gasteiger partial charge is 0.416 e. The van der Waals surface area contributed by atoms with Crippen molar-refractivity contribution in [1.29, 1.82) is 0 Å². The van der Waals surface area contributed by atoms with Crippen molar-refractivity contribution in [2.75, 3.05) is 6.54 Å². The highest BCUT2D eigenvalue weighted by molar-refractivity contribution is 6.30. The Balaban J connectivity index is 1.86. The monoisotopic (exact) mass is 506 g/mol. The molecular formula is C25H23ClF4N4O. The molecule has 1 aliphatic rings. The average molecular weight is 507 g/mol. The Labute approximate surface area is 204 Å². The van der Waals surface area contributed by atoms with Gasteiger partial charge in [-0.3, -0.25) is 9.97 Å². The first kappa shape index (κ1) is 24.9. The highest BCUT2D eigenvalue weighted by atomic mass is 35.5. The van der Waals surface area contributed by atoms with Crippen molar-refractivity contribution < 1.29 is 22.4 Å². The number of hydrogen-bond donors (Lipinski definition) is 2. The van der Waals surface area contributed by atoms with E-state index in [0.29, 0.717) is 11.1 Å². The van der Waals surface area contributed by atoms with Crippen molar-refractivity contribution in [3.8, 4) is 0 Å². The number of nitrogens with one attached hydrogen (secondary N) is 2. The molecule has 184 valence electrons. The molecule has 0 bridgehead atoms. The van der Waals surface area contributed by atoms with Gasteiger partial charge >= 0.3 is 12.2 Å². The summed E-state index contributed by atoms with van der Waals surface area (Å²) < 4.78 is 55.5. The Morgan fingerprint density at radius 3 is 2.34 bits per heavy atom. The fourth-order valence-corrected chi connectivity index (χ4v) is 4.58. The summed E-state index contributed by atoms with van der Waals surface area (Å²) >= 11 is 6.02. The first-order chi connectivity index (χ1) is 16.7. The lowest BCUT2D eigenvalue weighted by Crippen LogP contribution is -2.48. The molecule has 2 heterocycles. The van der Waals surface area contributed by atoms with Crippen molar-refractivity contribution in [2.24, 2.45) is 0 Å². The summed E-state index contributed by atoms with van der Waals surface area (Å²) in [5.74, 6) is -1.07. The molecule has 4 rings (SSSR count). The van der Waals surface area contributed by atoms with Gasteiger partial charge in [0.2, 0.25) is 0 Å². The van der Waals surface area contributed by atoms with E-state index in [-0.39, 0.29) is 29.5 Å². The van der Waals surface area contributed by atoms with Gasteiger partial charge in [-0.25, -0.2) is 9.18 Å². The number of carbonyl (C=O) groups excluding carboxylic acids is 1. The molecule has 1 fully saturated rings. The summed E-state index contributed by atoms with van der Waals surface area (Å²) in [4.78, 5) is 21.5. The van der Waals surface area contributed by atoms with Gasteiger partial charge in [0.1, 0.15) is 5.82 Å². The minimum absolute atomic E-state index is 0.0268.